The molecule has 14 heteroatoms. The predicted molar refractivity (Wildman–Crippen MR) is 166 cm³/mol. The van der Waals surface area contributed by atoms with E-state index in [1.54, 1.807) is 36.5 Å². The number of sulfone groups is 1. The van der Waals surface area contributed by atoms with E-state index in [4.69, 9.17) is 28.9 Å². The first-order valence-corrected chi connectivity index (χ1v) is 16.3. The maximum absolute atomic E-state index is 13.8. The Morgan fingerprint density at radius 2 is 1.82 bits per heavy atom. The number of anilines is 1. The second-order valence-electron chi connectivity index (χ2n) is 11.0. The summed E-state index contributed by atoms with van der Waals surface area (Å²) in [5, 5.41) is 3.04. The molecule has 3 heterocycles. The molecular formula is C30H25Cl2N5O6S. The lowest BCUT2D eigenvalue weighted by Gasteiger charge is -2.21. The molecular weight excluding hydrogens is 629 g/mol. The van der Waals surface area contributed by atoms with Crippen LogP contribution in [0, 0.1) is 0 Å². The first-order chi connectivity index (χ1) is 20.8. The van der Waals surface area contributed by atoms with E-state index in [1.807, 2.05) is 6.07 Å². The first-order valence-electron chi connectivity index (χ1n) is 13.5. The predicted octanol–water partition coefficient (Wildman–Crippen LogP) is 2.49. The van der Waals surface area contributed by atoms with Crippen LogP contribution in [0.2, 0.25) is 10.0 Å². The molecule has 44 heavy (non-hydrogen) atoms. The number of carbonyl (C=O) groups excluding carboxylic acids is 2. The van der Waals surface area contributed by atoms with E-state index in [0.717, 1.165) is 32.1 Å². The fourth-order valence-corrected chi connectivity index (χ4v) is 6.99. The topological polar surface area (TPSA) is 163 Å². The van der Waals surface area contributed by atoms with Crippen molar-refractivity contribution in [2.24, 2.45) is 5.73 Å². The molecule has 1 aliphatic carbocycles. The van der Waals surface area contributed by atoms with Crippen LogP contribution in [0.3, 0.4) is 0 Å². The molecule has 2 amide bonds. The molecule has 6 rings (SSSR count). The number of nitrogens with two attached hydrogens (primary N) is 1. The molecule has 2 aromatic heterocycles. The van der Waals surface area contributed by atoms with Gasteiger partial charge >= 0.3 is 5.69 Å². The van der Waals surface area contributed by atoms with Gasteiger partial charge in [-0.3, -0.25) is 23.5 Å². The number of hydrogen-bond acceptors (Lipinski definition) is 7. The summed E-state index contributed by atoms with van der Waals surface area (Å²) in [5.41, 5.74) is 6.20. The third-order valence-electron chi connectivity index (χ3n) is 8.19. The van der Waals surface area contributed by atoms with Crippen LogP contribution in [0.4, 0.5) is 5.82 Å². The van der Waals surface area contributed by atoms with Crippen LogP contribution >= 0.6 is 23.2 Å². The molecule has 11 nitrogen and oxygen atoms in total. The van der Waals surface area contributed by atoms with Crippen molar-refractivity contribution < 1.29 is 18.0 Å². The van der Waals surface area contributed by atoms with Crippen molar-refractivity contribution in [1.82, 2.24) is 14.1 Å². The normalized spacial score (nSPS) is 17.8. The minimum absolute atomic E-state index is 0.0363. The standard InChI is InChI=1S/C30H25Cl2N5O6S/c1-44(42,43)11-10-36-27(39)20(19-4-2-6-22(31)23(19)32)15-37(29(36)41)24(25(33)38)16-7-8-17-13-30(14-18(17)12-16)21-5-3-9-34-26(21)35-28(30)40/h2-9,12,15,24H,10-11,13-14H2,1H3,(H2,33,38)(H,34,35,40)/t24?,30-/m1/s1. The van der Waals surface area contributed by atoms with Gasteiger partial charge in [-0.15, -0.1) is 0 Å². The molecule has 2 aliphatic rings. The van der Waals surface area contributed by atoms with Crippen LogP contribution in [-0.2, 0) is 44.2 Å². The van der Waals surface area contributed by atoms with Crippen LogP contribution in [0.5, 0.6) is 0 Å². The van der Waals surface area contributed by atoms with E-state index in [2.05, 4.69) is 10.3 Å². The Morgan fingerprint density at radius 3 is 2.55 bits per heavy atom. The number of amides is 2. The molecule has 226 valence electrons. The van der Waals surface area contributed by atoms with Gasteiger partial charge in [-0.2, -0.15) is 0 Å². The Hall–Kier alpha value is -4.26. The lowest BCUT2D eigenvalue weighted by molar-refractivity contribution is -0.121. The van der Waals surface area contributed by atoms with Crippen molar-refractivity contribution >= 4 is 50.7 Å². The minimum atomic E-state index is -3.58. The molecule has 0 radical (unpaired) electrons. The highest BCUT2D eigenvalue weighted by Crippen LogP contribution is 2.47. The number of primary amides is 1. The van der Waals surface area contributed by atoms with Gasteiger partial charge in [-0.25, -0.2) is 18.2 Å². The van der Waals surface area contributed by atoms with Crippen molar-refractivity contribution in [3.63, 3.8) is 0 Å². The molecule has 0 bridgehead atoms. The van der Waals surface area contributed by atoms with Gasteiger partial charge in [0.1, 0.15) is 21.7 Å². The summed E-state index contributed by atoms with van der Waals surface area (Å²) < 4.78 is 25.7. The number of nitrogens with one attached hydrogen (secondary N) is 1. The van der Waals surface area contributed by atoms with Gasteiger partial charge in [0.2, 0.25) is 11.8 Å². The van der Waals surface area contributed by atoms with Gasteiger partial charge in [0, 0.05) is 36.3 Å². The van der Waals surface area contributed by atoms with E-state index in [0.29, 0.717) is 24.2 Å². The van der Waals surface area contributed by atoms with E-state index < -0.39 is 50.7 Å². The monoisotopic (exact) mass is 653 g/mol. The lowest BCUT2D eigenvalue weighted by atomic mass is 9.79. The Labute approximate surface area is 261 Å². The van der Waals surface area contributed by atoms with Crippen LogP contribution in [0.15, 0.2) is 70.5 Å². The number of fused-ring (bicyclic) bond motifs is 3. The second-order valence-corrected chi connectivity index (χ2v) is 14.1. The van der Waals surface area contributed by atoms with E-state index in [1.165, 1.54) is 18.3 Å². The maximum Gasteiger partial charge on any atom is 0.332 e. The highest BCUT2D eigenvalue weighted by Gasteiger charge is 2.51. The summed E-state index contributed by atoms with van der Waals surface area (Å²) in [6.45, 7) is -0.469. The number of carbonyl (C=O) groups is 2. The molecule has 2 aromatic carbocycles. The fourth-order valence-electron chi connectivity index (χ4n) is 6.08. The van der Waals surface area contributed by atoms with Crippen LogP contribution in [0.25, 0.3) is 11.1 Å². The van der Waals surface area contributed by atoms with E-state index in [-0.39, 0.29) is 27.1 Å². The largest absolute Gasteiger partial charge is 0.368 e. The third-order valence-corrected chi connectivity index (χ3v) is 9.93. The maximum atomic E-state index is 13.8. The summed E-state index contributed by atoms with van der Waals surface area (Å²) >= 11 is 12.6. The van der Waals surface area contributed by atoms with Crippen LogP contribution in [-0.4, -0.2) is 46.4 Å². The quantitative estimate of drug-likeness (QED) is 0.309. The van der Waals surface area contributed by atoms with Crippen molar-refractivity contribution in [2.45, 2.75) is 30.8 Å². The summed E-state index contributed by atoms with van der Waals surface area (Å²) in [7, 11) is -3.58. The zero-order valence-corrected chi connectivity index (χ0v) is 25.5. The number of nitrogens with zero attached hydrogens (tertiary/aromatic N) is 3. The van der Waals surface area contributed by atoms with Gasteiger partial charge in [0.25, 0.3) is 5.56 Å². The molecule has 3 N–H and O–H groups in total. The number of halogens is 2. The third kappa shape index (κ3) is 4.92. The average Bonchev–Trinajstić information content (AvgIpc) is 3.48. The zero-order valence-electron chi connectivity index (χ0n) is 23.2. The highest BCUT2D eigenvalue weighted by atomic mass is 35.5. The fraction of sp³-hybridized carbons (Fsp3) is 0.233. The number of aromatic nitrogens is 3. The van der Waals surface area contributed by atoms with Crippen molar-refractivity contribution in [2.75, 3.05) is 17.3 Å². The summed E-state index contributed by atoms with van der Waals surface area (Å²) in [6, 6.07) is 12.0. The van der Waals surface area contributed by atoms with Crippen LogP contribution < -0.4 is 22.3 Å². The summed E-state index contributed by atoms with van der Waals surface area (Å²) in [4.78, 5) is 57.9. The molecule has 4 aromatic rings. The van der Waals surface area contributed by atoms with Crippen LogP contribution in [0.1, 0.15) is 28.3 Å². The highest BCUT2D eigenvalue weighted by molar-refractivity contribution is 7.90. The molecule has 1 unspecified atom stereocenters. The van der Waals surface area contributed by atoms with Gasteiger partial charge < -0.3 is 11.1 Å². The van der Waals surface area contributed by atoms with E-state index >= 15 is 0 Å². The average molecular weight is 655 g/mol. The first kappa shape index (κ1) is 29.8. The summed E-state index contributed by atoms with van der Waals surface area (Å²) in [5.74, 6) is -1.07. The SMILES string of the molecule is CS(=O)(=O)CCn1c(=O)c(-c2cccc(Cl)c2Cl)cn(C(C(N)=O)c2ccc3c(c2)C[C@@]2(C3)C(=O)Nc3ncccc32)c1=O. The van der Waals surface area contributed by atoms with Gasteiger partial charge in [-0.1, -0.05) is 59.6 Å². The van der Waals surface area contributed by atoms with E-state index in [9.17, 15) is 27.6 Å². The number of benzene rings is 2. The zero-order chi connectivity index (χ0) is 31.6. The van der Waals surface area contributed by atoms with Crippen molar-refractivity contribution in [1.29, 1.82) is 0 Å². The molecule has 1 aliphatic heterocycles. The van der Waals surface area contributed by atoms with Crippen molar-refractivity contribution in [3.8, 4) is 11.1 Å². The van der Waals surface area contributed by atoms with Gasteiger partial charge in [0.15, 0.2) is 0 Å². The number of pyridine rings is 1. The molecule has 0 saturated carbocycles. The Balaban J connectivity index is 1.50. The van der Waals surface area contributed by atoms with Gasteiger partial charge in [-0.05, 0) is 41.7 Å². The smallest absolute Gasteiger partial charge is 0.332 e. The number of hydrogen-bond donors (Lipinski definition) is 2. The van der Waals surface area contributed by atoms with Crippen molar-refractivity contribution in [3.05, 3.63) is 114 Å². The Bertz CT molecular complexity index is 2130. The summed E-state index contributed by atoms with van der Waals surface area (Å²) in [6.07, 6.45) is 4.53. The minimum Gasteiger partial charge on any atom is -0.368 e. The second kappa shape index (κ2) is 10.7. The lowest BCUT2D eigenvalue weighted by Crippen LogP contribution is -2.45. The molecule has 0 fully saturated rings. The molecule has 2 atom stereocenters. The molecule has 1 spiro atoms. The van der Waals surface area contributed by atoms with Gasteiger partial charge in [0.05, 0.1) is 26.8 Å². The Morgan fingerprint density at radius 1 is 1.07 bits per heavy atom. The molecule has 0 saturated heterocycles. The number of rotatable bonds is 7. The Kier molecular flexibility index (Phi) is 7.26.